The van der Waals surface area contributed by atoms with Crippen LogP contribution in [0.2, 0.25) is 0 Å². The summed E-state index contributed by atoms with van der Waals surface area (Å²) in [5, 5.41) is 18.0. The van der Waals surface area contributed by atoms with E-state index >= 15 is 0 Å². The molecule has 0 saturated heterocycles. The molecule has 0 fully saturated rings. The summed E-state index contributed by atoms with van der Waals surface area (Å²) in [6, 6.07) is 5.11. The molecule has 1 aromatic heterocycles. The summed E-state index contributed by atoms with van der Waals surface area (Å²) in [4.78, 5) is 19.3. The number of aromatic nitrogens is 2. The molecule has 0 aliphatic carbocycles. The van der Waals surface area contributed by atoms with Gasteiger partial charge in [0.2, 0.25) is 0 Å². The molecule has 2 aromatic rings. The third kappa shape index (κ3) is 4.77. The zero-order valence-electron chi connectivity index (χ0n) is 14.3. The van der Waals surface area contributed by atoms with Crippen LogP contribution in [0.5, 0.6) is 11.5 Å². The van der Waals surface area contributed by atoms with Crippen molar-refractivity contribution in [3.05, 3.63) is 52.6 Å². The van der Waals surface area contributed by atoms with Crippen LogP contribution in [0.4, 0.5) is 0 Å². The number of aliphatic hydroxyl groups excluding tert-OH is 1. The molecule has 2 N–H and O–H groups in total. The molecule has 25 heavy (non-hydrogen) atoms. The Morgan fingerprint density at radius 2 is 1.88 bits per heavy atom. The average Bonchev–Trinajstić information content (AvgIpc) is 2.59. The van der Waals surface area contributed by atoms with Crippen LogP contribution >= 0.6 is 0 Å². The third-order valence-corrected chi connectivity index (χ3v) is 3.56. The fourth-order valence-electron chi connectivity index (χ4n) is 2.21. The maximum absolute atomic E-state index is 10.6. The number of ether oxygens (including phenoxy) is 2. The van der Waals surface area contributed by atoms with E-state index in [2.05, 4.69) is 9.97 Å². The van der Waals surface area contributed by atoms with Gasteiger partial charge in [0.05, 0.1) is 36.5 Å². The first kappa shape index (κ1) is 18.4. The van der Waals surface area contributed by atoms with Gasteiger partial charge in [-0.15, -0.1) is 0 Å². The van der Waals surface area contributed by atoms with E-state index in [0.29, 0.717) is 34.1 Å². The molecular weight excluding hydrogens is 324 g/mol. The van der Waals surface area contributed by atoms with Gasteiger partial charge in [-0.25, -0.2) is 9.78 Å². The SMILES string of the molecule is COc1cc(/C=C/C(=O)O)ccc1OCc1nc(CO)c(C)nc1C. The van der Waals surface area contributed by atoms with Gasteiger partial charge in [0, 0.05) is 6.08 Å². The number of benzene rings is 1. The molecule has 0 atom stereocenters. The fraction of sp³-hybridized carbons (Fsp3) is 0.278. The molecule has 7 heteroatoms. The molecule has 7 nitrogen and oxygen atoms in total. The second kappa shape index (κ2) is 8.25. The number of carbonyl (C=O) groups is 1. The van der Waals surface area contributed by atoms with Gasteiger partial charge in [-0.3, -0.25) is 4.98 Å². The summed E-state index contributed by atoms with van der Waals surface area (Å²) in [5.41, 5.74) is 3.25. The maximum atomic E-state index is 10.6. The smallest absolute Gasteiger partial charge is 0.328 e. The summed E-state index contributed by atoms with van der Waals surface area (Å²) in [5.74, 6) is -0.0395. The van der Waals surface area contributed by atoms with E-state index < -0.39 is 5.97 Å². The Labute approximate surface area is 145 Å². The maximum Gasteiger partial charge on any atom is 0.328 e. The number of hydrogen-bond donors (Lipinski definition) is 2. The molecule has 0 radical (unpaired) electrons. The number of hydrogen-bond acceptors (Lipinski definition) is 6. The molecular formula is C18H20N2O5. The Morgan fingerprint density at radius 1 is 1.16 bits per heavy atom. The summed E-state index contributed by atoms with van der Waals surface area (Å²) in [7, 11) is 1.51. The summed E-state index contributed by atoms with van der Waals surface area (Å²) < 4.78 is 11.1. The topological polar surface area (TPSA) is 102 Å². The molecule has 2 rings (SSSR count). The minimum atomic E-state index is -1.02. The predicted molar refractivity (Wildman–Crippen MR) is 91.4 cm³/mol. The van der Waals surface area contributed by atoms with Gasteiger partial charge in [0.15, 0.2) is 11.5 Å². The van der Waals surface area contributed by atoms with Crippen molar-refractivity contribution in [1.29, 1.82) is 0 Å². The lowest BCUT2D eigenvalue weighted by molar-refractivity contribution is -0.131. The molecule has 0 aliphatic heterocycles. The van der Waals surface area contributed by atoms with Gasteiger partial charge in [-0.1, -0.05) is 6.07 Å². The van der Waals surface area contributed by atoms with Crippen molar-refractivity contribution in [2.45, 2.75) is 27.1 Å². The van der Waals surface area contributed by atoms with Crippen LogP contribution in [0.1, 0.15) is 28.3 Å². The van der Waals surface area contributed by atoms with Gasteiger partial charge in [-0.05, 0) is 37.6 Å². The summed E-state index contributed by atoms with van der Waals surface area (Å²) in [6.45, 7) is 3.62. The van der Waals surface area contributed by atoms with Crippen molar-refractivity contribution in [2.24, 2.45) is 0 Å². The van der Waals surface area contributed by atoms with Gasteiger partial charge in [-0.2, -0.15) is 0 Å². The van der Waals surface area contributed by atoms with E-state index in [0.717, 1.165) is 11.8 Å². The molecule has 1 aromatic carbocycles. The van der Waals surface area contributed by atoms with E-state index in [9.17, 15) is 9.90 Å². The first-order valence-electron chi connectivity index (χ1n) is 7.60. The van der Waals surface area contributed by atoms with Crippen LogP contribution in [-0.4, -0.2) is 33.3 Å². The highest BCUT2D eigenvalue weighted by Crippen LogP contribution is 2.29. The Balaban J connectivity index is 2.19. The first-order chi connectivity index (χ1) is 11.9. The number of aryl methyl sites for hydroxylation is 2. The van der Waals surface area contributed by atoms with Crippen LogP contribution in [0.15, 0.2) is 24.3 Å². The molecule has 0 bridgehead atoms. The number of aliphatic carboxylic acids is 1. The summed E-state index contributed by atoms with van der Waals surface area (Å²) >= 11 is 0. The normalized spacial score (nSPS) is 10.9. The Hall–Kier alpha value is -2.93. The standard InChI is InChI=1S/C18H20N2O5/c1-11-14(9-21)20-15(12(2)19-11)10-25-16-6-4-13(5-7-18(22)23)8-17(16)24-3/h4-8,21H,9-10H2,1-3H3,(H,22,23)/b7-5+. The van der Waals surface area contributed by atoms with Crippen LogP contribution in [0, 0.1) is 13.8 Å². The van der Waals surface area contributed by atoms with Crippen molar-refractivity contribution in [2.75, 3.05) is 7.11 Å². The largest absolute Gasteiger partial charge is 0.493 e. The molecule has 0 unspecified atom stereocenters. The van der Waals surface area contributed by atoms with Crippen LogP contribution < -0.4 is 9.47 Å². The molecule has 1 heterocycles. The van der Waals surface area contributed by atoms with Crippen molar-refractivity contribution in [1.82, 2.24) is 9.97 Å². The fourth-order valence-corrected chi connectivity index (χ4v) is 2.21. The number of rotatable bonds is 7. The zero-order chi connectivity index (χ0) is 18.4. The lowest BCUT2D eigenvalue weighted by Crippen LogP contribution is -2.08. The van der Waals surface area contributed by atoms with Crippen molar-refractivity contribution in [3.63, 3.8) is 0 Å². The van der Waals surface area contributed by atoms with Gasteiger partial charge in [0.1, 0.15) is 6.61 Å². The average molecular weight is 344 g/mol. The minimum Gasteiger partial charge on any atom is -0.493 e. The molecule has 0 amide bonds. The highest BCUT2D eigenvalue weighted by atomic mass is 16.5. The van der Waals surface area contributed by atoms with E-state index in [1.54, 1.807) is 25.1 Å². The van der Waals surface area contributed by atoms with Crippen LogP contribution in [0.3, 0.4) is 0 Å². The zero-order valence-corrected chi connectivity index (χ0v) is 14.3. The van der Waals surface area contributed by atoms with Crippen molar-refractivity contribution >= 4 is 12.0 Å². The number of carboxylic acids is 1. The highest BCUT2D eigenvalue weighted by molar-refractivity contribution is 5.85. The first-order valence-corrected chi connectivity index (χ1v) is 7.60. The van der Waals surface area contributed by atoms with E-state index in [1.807, 2.05) is 6.92 Å². The van der Waals surface area contributed by atoms with Gasteiger partial charge < -0.3 is 19.7 Å². The van der Waals surface area contributed by atoms with Crippen LogP contribution in [-0.2, 0) is 18.0 Å². The summed E-state index contributed by atoms with van der Waals surface area (Å²) in [6.07, 6.45) is 2.52. The predicted octanol–water partition coefficient (Wildman–Crippen LogP) is 2.27. The monoisotopic (exact) mass is 344 g/mol. The number of aliphatic hydroxyl groups is 1. The number of nitrogens with zero attached hydrogens (tertiary/aromatic N) is 2. The Kier molecular flexibility index (Phi) is 6.08. The lowest BCUT2D eigenvalue weighted by atomic mass is 10.2. The van der Waals surface area contributed by atoms with Crippen molar-refractivity contribution < 1.29 is 24.5 Å². The third-order valence-electron chi connectivity index (χ3n) is 3.56. The molecule has 0 saturated carbocycles. The lowest BCUT2D eigenvalue weighted by Gasteiger charge is -2.13. The molecule has 0 spiro atoms. The van der Waals surface area contributed by atoms with E-state index in [4.69, 9.17) is 14.6 Å². The van der Waals surface area contributed by atoms with Gasteiger partial charge in [0.25, 0.3) is 0 Å². The second-order valence-corrected chi connectivity index (χ2v) is 5.32. The van der Waals surface area contributed by atoms with E-state index in [1.165, 1.54) is 13.2 Å². The van der Waals surface area contributed by atoms with Crippen molar-refractivity contribution in [3.8, 4) is 11.5 Å². The molecule has 132 valence electrons. The van der Waals surface area contributed by atoms with Crippen LogP contribution in [0.25, 0.3) is 6.08 Å². The Bertz CT molecular complexity index is 802. The Morgan fingerprint density at radius 3 is 2.52 bits per heavy atom. The number of methoxy groups -OCH3 is 1. The quantitative estimate of drug-likeness (QED) is 0.743. The number of carboxylic acid groups (broad SMARTS) is 1. The highest BCUT2D eigenvalue weighted by Gasteiger charge is 2.11. The second-order valence-electron chi connectivity index (χ2n) is 5.32. The van der Waals surface area contributed by atoms with E-state index in [-0.39, 0.29) is 13.2 Å². The minimum absolute atomic E-state index is 0.173. The molecule has 0 aliphatic rings. The van der Waals surface area contributed by atoms with Gasteiger partial charge >= 0.3 is 5.97 Å².